The lowest BCUT2D eigenvalue weighted by Gasteiger charge is -2.09. The summed E-state index contributed by atoms with van der Waals surface area (Å²) in [6.07, 6.45) is 4.34. The molecule has 0 aliphatic heterocycles. The minimum Gasteiger partial charge on any atom is -0.382 e. The van der Waals surface area contributed by atoms with Crippen LogP contribution in [0, 0.1) is 12.4 Å². The van der Waals surface area contributed by atoms with Crippen LogP contribution in [0.15, 0.2) is 48.9 Å². The minimum absolute atomic E-state index is 0.0220. The zero-order chi connectivity index (χ0) is 19.2. The van der Waals surface area contributed by atoms with Gasteiger partial charge >= 0.3 is 0 Å². The molecule has 3 heterocycles. The Kier molecular flexibility index (Phi) is 5.33. The number of ketones is 1. The van der Waals surface area contributed by atoms with Crippen LogP contribution in [0.3, 0.4) is 0 Å². The summed E-state index contributed by atoms with van der Waals surface area (Å²) >= 11 is 0. The van der Waals surface area contributed by atoms with E-state index in [-0.39, 0.29) is 17.8 Å². The van der Waals surface area contributed by atoms with Crippen molar-refractivity contribution in [1.82, 2.24) is 15.0 Å². The van der Waals surface area contributed by atoms with Crippen LogP contribution in [-0.2, 0) is 13.0 Å². The first-order chi connectivity index (χ1) is 13.1. The van der Waals surface area contributed by atoms with Gasteiger partial charge in [0, 0.05) is 25.0 Å². The van der Waals surface area contributed by atoms with Crippen molar-refractivity contribution in [2.24, 2.45) is 0 Å². The standard InChI is InChI=1S/C19H15FN6O/c1-22-13-9-15(20)18(26-10-13)17(27)8-12-4-6-23-14(7-12)11-25-16-3-2-5-24-19(16)21/h2-7,9-10,25H,8,11H2,(H2,21,24). The van der Waals surface area contributed by atoms with E-state index in [4.69, 9.17) is 12.3 Å². The summed E-state index contributed by atoms with van der Waals surface area (Å²) in [5, 5.41) is 3.13. The first kappa shape index (κ1) is 17.9. The van der Waals surface area contributed by atoms with Crippen LogP contribution >= 0.6 is 0 Å². The van der Waals surface area contributed by atoms with E-state index in [9.17, 15) is 9.18 Å². The molecule has 0 amide bonds. The molecule has 0 saturated heterocycles. The number of nitrogens with two attached hydrogens (primary N) is 1. The number of rotatable bonds is 6. The Balaban J connectivity index is 1.69. The Hall–Kier alpha value is -3.86. The first-order valence-corrected chi connectivity index (χ1v) is 8.01. The Morgan fingerprint density at radius 1 is 1.22 bits per heavy atom. The quantitative estimate of drug-likeness (QED) is 0.516. The van der Waals surface area contributed by atoms with Gasteiger partial charge in [-0.05, 0) is 35.9 Å². The third kappa shape index (κ3) is 4.41. The van der Waals surface area contributed by atoms with Gasteiger partial charge in [-0.15, -0.1) is 0 Å². The number of carbonyl (C=O) groups excluding carboxylic acids is 1. The largest absolute Gasteiger partial charge is 0.382 e. The molecular weight excluding hydrogens is 347 g/mol. The van der Waals surface area contributed by atoms with Gasteiger partial charge in [0.15, 0.2) is 5.78 Å². The highest BCUT2D eigenvalue weighted by atomic mass is 19.1. The predicted molar refractivity (Wildman–Crippen MR) is 98.7 cm³/mol. The number of pyridine rings is 3. The Labute approximate surface area is 154 Å². The van der Waals surface area contributed by atoms with Crippen molar-refractivity contribution < 1.29 is 9.18 Å². The first-order valence-electron chi connectivity index (χ1n) is 8.01. The van der Waals surface area contributed by atoms with Gasteiger partial charge in [-0.1, -0.05) is 0 Å². The SMILES string of the molecule is [C-]#[N+]c1cnc(C(=O)Cc2ccnc(CNc3cccnc3N)c2)c(F)c1. The third-order valence-electron chi connectivity index (χ3n) is 3.76. The highest BCUT2D eigenvalue weighted by Crippen LogP contribution is 2.17. The number of nitrogens with one attached hydrogen (secondary N) is 1. The van der Waals surface area contributed by atoms with E-state index in [0.29, 0.717) is 29.3 Å². The fraction of sp³-hybridized carbons (Fsp3) is 0.105. The highest BCUT2D eigenvalue weighted by molar-refractivity contribution is 5.96. The smallest absolute Gasteiger partial charge is 0.208 e. The number of anilines is 2. The molecule has 3 N–H and O–H groups in total. The number of carbonyl (C=O) groups is 1. The van der Waals surface area contributed by atoms with Gasteiger partial charge in [-0.25, -0.2) is 14.2 Å². The molecule has 0 bridgehead atoms. The predicted octanol–water partition coefficient (Wildman–Crippen LogP) is 3.18. The second-order valence-electron chi connectivity index (χ2n) is 5.68. The lowest BCUT2D eigenvalue weighted by Crippen LogP contribution is -2.10. The third-order valence-corrected chi connectivity index (χ3v) is 3.76. The zero-order valence-corrected chi connectivity index (χ0v) is 14.2. The monoisotopic (exact) mass is 362 g/mol. The van der Waals surface area contributed by atoms with Gasteiger partial charge in [-0.3, -0.25) is 14.8 Å². The summed E-state index contributed by atoms with van der Waals surface area (Å²) in [5.74, 6) is -0.879. The number of nitrogens with zero attached hydrogens (tertiary/aromatic N) is 4. The average Bonchev–Trinajstić information content (AvgIpc) is 2.67. The van der Waals surface area contributed by atoms with E-state index >= 15 is 0 Å². The summed E-state index contributed by atoms with van der Waals surface area (Å²) < 4.78 is 13.9. The van der Waals surface area contributed by atoms with Crippen LogP contribution in [0.25, 0.3) is 4.85 Å². The van der Waals surface area contributed by atoms with Gasteiger partial charge in [-0.2, -0.15) is 0 Å². The topological polar surface area (TPSA) is 98.1 Å². The van der Waals surface area contributed by atoms with E-state index in [1.807, 2.05) is 0 Å². The summed E-state index contributed by atoms with van der Waals surface area (Å²) in [5.41, 5.74) is 7.62. The Morgan fingerprint density at radius 2 is 2.07 bits per heavy atom. The number of halogens is 1. The van der Waals surface area contributed by atoms with Gasteiger partial charge in [0.05, 0.1) is 24.5 Å². The number of Topliss-reactive ketones (excluding diaryl/α,β-unsaturated/α-hetero) is 1. The maximum atomic E-state index is 13.9. The normalized spacial score (nSPS) is 10.2. The highest BCUT2D eigenvalue weighted by Gasteiger charge is 2.15. The van der Waals surface area contributed by atoms with E-state index in [2.05, 4.69) is 25.1 Å². The molecule has 134 valence electrons. The van der Waals surface area contributed by atoms with Crippen LogP contribution in [0.4, 0.5) is 21.6 Å². The van der Waals surface area contributed by atoms with Crippen LogP contribution in [0.2, 0.25) is 0 Å². The summed E-state index contributed by atoms with van der Waals surface area (Å²) in [4.78, 5) is 27.4. The number of nitrogen functional groups attached to an aromatic ring is 1. The summed E-state index contributed by atoms with van der Waals surface area (Å²) in [7, 11) is 0. The maximum absolute atomic E-state index is 13.9. The Morgan fingerprint density at radius 3 is 2.81 bits per heavy atom. The molecule has 3 aromatic rings. The van der Waals surface area contributed by atoms with Crippen LogP contribution < -0.4 is 11.1 Å². The molecule has 0 fully saturated rings. The van der Waals surface area contributed by atoms with Crippen molar-refractivity contribution in [1.29, 1.82) is 0 Å². The molecule has 27 heavy (non-hydrogen) atoms. The zero-order valence-electron chi connectivity index (χ0n) is 14.2. The Bertz CT molecular complexity index is 1030. The van der Waals surface area contributed by atoms with E-state index in [0.717, 1.165) is 6.07 Å². The molecule has 3 rings (SSSR count). The van der Waals surface area contributed by atoms with Crippen molar-refractivity contribution in [3.05, 3.63) is 83.1 Å². The molecule has 0 radical (unpaired) electrons. The average molecular weight is 362 g/mol. The second kappa shape index (κ2) is 8.01. The second-order valence-corrected chi connectivity index (χ2v) is 5.68. The number of hydrogen-bond acceptors (Lipinski definition) is 6. The summed E-state index contributed by atoms with van der Waals surface area (Å²) in [6, 6.07) is 8.01. The molecule has 0 spiro atoms. The lowest BCUT2D eigenvalue weighted by molar-refractivity contribution is 0.0984. The van der Waals surface area contributed by atoms with Crippen LogP contribution in [0.5, 0.6) is 0 Å². The van der Waals surface area contributed by atoms with E-state index in [1.165, 1.54) is 6.20 Å². The van der Waals surface area contributed by atoms with Crippen LogP contribution in [0.1, 0.15) is 21.7 Å². The van der Waals surface area contributed by atoms with Crippen molar-refractivity contribution in [3.8, 4) is 0 Å². The van der Waals surface area contributed by atoms with Gasteiger partial charge in [0.25, 0.3) is 0 Å². The fourth-order valence-electron chi connectivity index (χ4n) is 2.45. The number of hydrogen-bond donors (Lipinski definition) is 2. The van der Waals surface area contributed by atoms with Crippen molar-refractivity contribution in [3.63, 3.8) is 0 Å². The van der Waals surface area contributed by atoms with Crippen molar-refractivity contribution in [2.45, 2.75) is 13.0 Å². The number of aromatic nitrogens is 3. The molecule has 0 atom stereocenters. The van der Waals surface area contributed by atoms with E-state index in [1.54, 1.807) is 36.7 Å². The van der Waals surface area contributed by atoms with Gasteiger partial charge in [0.1, 0.15) is 17.3 Å². The van der Waals surface area contributed by atoms with E-state index < -0.39 is 11.6 Å². The molecule has 0 saturated carbocycles. The molecule has 3 aromatic heterocycles. The molecule has 0 unspecified atom stereocenters. The van der Waals surface area contributed by atoms with Crippen molar-refractivity contribution in [2.75, 3.05) is 11.1 Å². The minimum atomic E-state index is -0.795. The molecule has 0 aromatic carbocycles. The van der Waals surface area contributed by atoms with Crippen LogP contribution in [-0.4, -0.2) is 20.7 Å². The van der Waals surface area contributed by atoms with Gasteiger partial charge < -0.3 is 11.1 Å². The van der Waals surface area contributed by atoms with Crippen molar-refractivity contribution >= 4 is 23.0 Å². The molecular formula is C19H15FN6O. The van der Waals surface area contributed by atoms with Gasteiger partial charge in [0.2, 0.25) is 5.69 Å². The molecule has 8 heteroatoms. The molecule has 7 nitrogen and oxygen atoms in total. The molecule has 0 aliphatic carbocycles. The summed E-state index contributed by atoms with van der Waals surface area (Å²) in [6.45, 7) is 7.24. The maximum Gasteiger partial charge on any atom is 0.208 e. The molecule has 0 aliphatic rings. The lowest BCUT2D eigenvalue weighted by atomic mass is 10.1. The fourth-order valence-corrected chi connectivity index (χ4v) is 2.45.